The van der Waals surface area contributed by atoms with Gasteiger partial charge in [-0.05, 0) is 42.2 Å². The third kappa shape index (κ3) is 4.57. The standard InChI is InChI=1S/C25H25N3O3S/c1-16-15-32-24-26-19(13-22(29)28(16)24)14-31-21-8-6-5-7-20(21)27-23(30)17-9-11-18(12-10-17)25(2,3)4/h5-13,15H,14H2,1-4H3,(H,27,30). The van der Waals surface area contributed by atoms with Crippen molar-refractivity contribution in [1.82, 2.24) is 9.38 Å². The Hall–Kier alpha value is -3.45. The zero-order valence-electron chi connectivity index (χ0n) is 18.5. The van der Waals surface area contributed by atoms with Crippen LogP contribution in [0, 0.1) is 6.92 Å². The van der Waals surface area contributed by atoms with Crippen molar-refractivity contribution in [3.05, 3.63) is 92.8 Å². The van der Waals surface area contributed by atoms with E-state index in [2.05, 4.69) is 31.1 Å². The summed E-state index contributed by atoms with van der Waals surface area (Å²) in [5.74, 6) is 0.296. The summed E-state index contributed by atoms with van der Waals surface area (Å²) in [5, 5.41) is 4.81. The second-order valence-electron chi connectivity index (χ2n) is 8.65. The number of rotatable bonds is 5. The Morgan fingerprint density at radius 3 is 2.56 bits per heavy atom. The van der Waals surface area contributed by atoms with Crippen LogP contribution in [0.3, 0.4) is 0 Å². The van der Waals surface area contributed by atoms with E-state index in [4.69, 9.17) is 4.74 Å². The fourth-order valence-corrected chi connectivity index (χ4v) is 4.23. The minimum Gasteiger partial charge on any atom is -0.485 e. The topological polar surface area (TPSA) is 72.7 Å². The number of aryl methyl sites for hydroxylation is 1. The first-order valence-corrected chi connectivity index (χ1v) is 11.2. The van der Waals surface area contributed by atoms with E-state index in [1.54, 1.807) is 16.5 Å². The van der Waals surface area contributed by atoms with E-state index in [1.165, 1.54) is 23.0 Å². The number of nitrogens with zero attached hydrogens (tertiary/aromatic N) is 2. The lowest BCUT2D eigenvalue weighted by Gasteiger charge is -2.19. The molecule has 0 saturated carbocycles. The lowest BCUT2D eigenvalue weighted by molar-refractivity contribution is 0.102. The van der Waals surface area contributed by atoms with Crippen molar-refractivity contribution in [2.75, 3.05) is 5.32 Å². The highest BCUT2D eigenvalue weighted by Gasteiger charge is 2.15. The fourth-order valence-electron chi connectivity index (χ4n) is 3.34. The quantitative estimate of drug-likeness (QED) is 0.457. The molecule has 0 saturated heterocycles. The zero-order valence-corrected chi connectivity index (χ0v) is 19.3. The Kier molecular flexibility index (Phi) is 5.84. The smallest absolute Gasteiger partial charge is 0.259 e. The number of hydrogen-bond donors (Lipinski definition) is 1. The molecule has 6 nitrogen and oxygen atoms in total. The average molecular weight is 448 g/mol. The molecule has 32 heavy (non-hydrogen) atoms. The van der Waals surface area contributed by atoms with Crippen molar-refractivity contribution in [2.45, 2.75) is 39.7 Å². The van der Waals surface area contributed by atoms with Gasteiger partial charge in [-0.15, -0.1) is 11.3 Å². The van der Waals surface area contributed by atoms with Crippen LogP contribution in [0.15, 0.2) is 64.8 Å². The summed E-state index contributed by atoms with van der Waals surface area (Å²) in [6.45, 7) is 8.40. The van der Waals surface area contributed by atoms with Gasteiger partial charge in [0.25, 0.3) is 11.5 Å². The number of fused-ring (bicyclic) bond motifs is 1. The van der Waals surface area contributed by atoms with Gasteiger partial charge in [0.05, 0.1) is 11.4 Å². The van der Waals surface area contributed by atoms with Gasteiger partial charge in [0.2, 0.25) is 0 Å². The minimum absolute atomic E-state index is 0.0246. The molecule has 2 aromatic carbocycles. The molecule has 1 N–H and O–H groups in total. The number of anilines is 1. The number of ether oxygens (including phenoxy) is 1. The summed E-state index contributed by atoms with van der Waals surface area (Å²) >= 11 is 1.41. The highest BCUT2D eigenvalue weighted by atomic mass is 32.1. The molecule has 0 bridgehead atoms. The molecule has 0 spiro atoms. The minimum atomic E-state index is -0.214. The van der Waals surface area contributed by atoms with Crippen LogP contribution in [0.5, 0.6) is 5.75 Å². The summed E-state index contributed by atoms with van der Waals surface area (Å²) in [5.41, 5.74) is 3.58. The van der Waals surface area contributed by atoms with Crippen molar-refractivity contribution in [1.29, 1.82) is 0 Å². The molecule has 0 aliphatic carbocycles. The molecule has 1 amide bonds. The summed E-state index contributed by atoms with van der Waals surface area (Å²) in [6, 6.07) is 16.3. The molecule has 4 aromatic rings. The molecule has 0 aliphatic heterocycles. The molecular formula is C25H25N3O3S. The number of carbonyl (C=O) groups excluding carboxylic acids is 1. The van der Waals surface area contributed by atoms with Gasteiger partial charge < -0.3 is 10.1 Å². The van der Waals surface area contributed by atoms with Gasteiger partial charge >= 0.3 is 0 Å². The highest BCUT2D eigenvalue weighted by Crippen LogP contribution is 2.26. The van der Waals surface area contributed by atoms with E-state index in [-0.39, 0.29) is 23.5 Å². The third-order valence-corrected chi connectivity index (χ3v) is 6.10. The van der Waals surface area contributed by atoms with E-state index in [1.807, 2.05) is 48.7 Å². The van der Waals surface area contributed by atoms with Crippen molar-refractivity contribution in [2.24, 2.45) is 0 Å². The molecule has 2 heterocycles. The van der Waals surface area contributed by atoms with Crippen LogP contribution in [-0.2, 0) is 12.0 Å². The maximum Gasteiger partial charge on any atom is 0.259 e. The van der Waals surface area contributed by atoms with Gasteiger partial charge in [-0.1, -0.05) is 45.0 Å². The van der Waals surface area contributed by atoms with E-state index in [0.29, 0.717) is 27.7 Å². The summed E-state index contributed by atoms with van der Waals surface area (Å²) in [4.78, 5) is 30.3. The monoisotopic (exact) mass is 447 g/mol. The molecule has 0 fully saturated rings. The Morgan fingerprint density at radius 2 is 1.84 bits per heavy atom. The van der Waals surface area contributed by atoms with Crippen LogP contribution >= 0.6 is 11.3 Å². The molecule has 0 radical (unpaired) electrons. The second kappa shape index (κ2) is 8.59. The van der Waals surface area contributed by atoms with Gasteiger partial charge in [-0.2, -0.15) is 0 Å². The Balaban J connectivity index is 1.49. The SMILES string of the molecule is Cc1csc2nc(COc3ccccc3NC(=O)c3ccc(C(C)(C)C)cc3)cc(=O)n12. The average Bonchev–Trinajstić information content (AvgIpc) is 3.13. The second-order valence-corrected chi connectivity index (χ2v) is 9.48. The first kappa shape index (κ1) is 21.8. The molecular weight excluding hydrogens is 422 g/mol. The predicted molar refractivity (Wildman–Crippen MR) is 128 cm³/mol. The van der Waals surface area contributed by atoms with Crippen molar-refractivity contribution >= 4 is 27.9 Å². The van der Waals surface area contributed by atoms with Crippen LogP contribution in [0.1, 0.15) is 48.1 Å². The van der Waals surface area contributed by atoms with Crippen LogP contribution in [0.25, 0.3) is 4.96 Å². The predicted octanol–water partition coefficient (Wildman–Crippen LogP) is 5.19. The Labute approximate surface area is 190 Å². The van der Waals surface area contributed by atoms with Gasteiger partial charge in [-0.3, -0.25) is 14.0 Å². The first-order chi connectivity index (χ1) is 15.2. The fraction of sp³-hybridized carbons (Fsp3) is 0.240. The number of para-hydroxylation sites is 2. The zero-order chi connectivity index (χ0) is 22.9. The third-order valence-electron chi connectivity index (χ3n) is 5.15. The van der Waals surface area contributed by atoms with E-state index in [9.17, 15) is 9.59 Å². The number of carbonyl (C=O) groups is 1. The van der Waals surface area contributed by atoms with Crippen LogP contribution in [0.2, 0.25) is 0 Å². The lowest BCUT2D eigenvalue weighted by atomic mass is 9.87. The summed E-state index contributed by atoms with van der Waals surface area (Å²) < 4.78 is 7.49. The molecule has 0 unspecified atom stereocenters. The van der Waals surface area contributed by atoms with Gasteiger partial charge in [0.15, 0.2) is 4.96 Å². The molecule has 164 valence electrons. The van der Waals surface area contributed by atoms with Crippen molar-refractivity contribution in [3.63, 3.8) is 0 Å². The maximum atomic E-state index is 12.8. The van der Waals surface area contributed by atoms with E-state index < -0.39 is 0 Å². The van der Waals surface area contributed by atoms with Crippen LogP contribution < -0.4 is 15.6 Å². The van der Waals surface area contributed by atoms with Gasteiger partial charge in [-0.25, -0.2) is 4.98 Å². The number of benzene rings is 2. The maximum absolute atomic E-state index is 12.8. The number of nitrogens with one attached hydrogen (secondary N) is 1. The Morgan fingerprint density at radius 1 is 1.12 bits per heavy atom. The first-order valence-electron chi connectivity index (χ1n) is 10.3. The normalized spacial score (nSPS) is 11.5. The molecule has 4 rings (SSSR count). The van der Waals surface area contributed by atoms with Crippen LogP contribution in [0.4, 0.5) is 5.69 Å². The van der Waals surface area contributed by atoms with Gasteiger partial charge in [0.1, 0.15) is 12.4 Å². The van der Waals surface area contributed by atoms with Gasteiger partial charge in [0, 0.05) is 22.7 Å². The Bertz CT molecular complexity index is 1330. The number of hydrogen-bond acceptors (Lipinski definition) is 5. The van der Waals surface area contributed by atoms with E-state index >= 15 is 0 Å². The van der Waals surface area contributed by atoms with Crippen molar-refractivity contribution < 1.29 is 9.53 Å². The molecule has 0 aliphatic rings. The number of thiazole rings is 1. The molecule has 2 aromatic heterocycles. The van der Waals surface area contributed by atoms with Crippen LogP contribution in [-0.4, -0.2) is 15.3 Å². The number of amides is 1. The molecule has 0 atom stereocenters. The summed E-state index contributed by atoms with van der Waals surface area (Å²) in [6.07, 6.45) is 0. The van der Waals surface area contributed by atoms with Crippen molar-refractivity contribution in [3.8, 4) is 5.75 Å². The largest absolute Gasteiger partial charge is 0.485 e. The van der Waals surface area contributed by atoms with E-state index in [0.717, 1.165) is 5.69 Å². The highest BCUT2D eigenvalue weighted by molar-refractivity contribution is 7.15. The number of aromatic nitrogens is 2. The lowest BCUT2D eigenvalue weighted by Crippen LogP contribution is -2.16. The summed E-state index contributed by atoms with van der Waals surface area (Å²) in [7, 11) is 0. The molecule has 7 heteroatoms.